The largest absolute Gasteiger partial charge is 0.352 e. The summed E-state index contributed by atoms with van der Waals surface area (Å²) in [6.45, 7) is 0.435. The molecule has 0 radical (unpaired) electrons. The molecule has 0 unspecified atom stereocenters. The summed E-state index contributed by atoms with van der Waals surface area (Å²) in [5.41, 5.74) is 1.05. The first-order valence-corrected chi connectivity index (χ1v) is 6.57. The van der Waals surface area contributed by atoms with Crippen LogP contribution in [0.4, 0.5) is 4.39 Å². The van der Waals surface area contributed by atoms with Gasteiger partial charge in [-0.15, -0.1) is 0 Å². The summed E-state index contributed by atoms with van der Waals surface area (Å²) in [5, 5.41) is 6.73. The second-order valence-electron chi connectivity index (χ2n) is 4.08. The van der Waals surface area contributed by atoms with E-state index in [1.807, 2.05) is 13.1 Å². The number of aryl methyl sites for hydroxylation is 1. The van der Waals surface area contributed by atoms with E-state index in [0.717, 1.165) is 5.69 Å². The Labute approximate surface area is 118 Å². The Balaban J connectivity index is 1.94. The number of amides is 1. The summed E-state index contributed by atoms with van der Waals surface area (Å²) in [6, 6.07) is 6.17. The van der Waals surface area contributed by atoms with Gasteiger partial charge in [0, 0.05) is 36.4 Å². The monoisotopic (exact) mass is 325 g/mol. The predicted molar refractivity (Wildman–Crippen MR) is 73.3 cm³/mol. The molecule has 6 heteroatoms. The van der Waals surface area contributed by atoms with Gasteiger partial charge in [0.15, 0.2) is 0 Å². The number of halogens is 2. The van der Waals surface area contributed by atoms with Crippen molar-refractivity contribution in [1.29, 1.82) is 0 Å². The lowest BCUT2D eigenvalue weighted by molar-refractivity contribution is 0.0950. The van der Waals surface area contributed by atoms with Gasteiger partial charge >= 0.3 is 0 Å². The van der Waals surface area contributed by atoms with Crippen LogP contribution in [-0.2, 0) is 13.5 Å². The van der Waals surface area contributed by atoms with Crippen LogP contribution in [0.25, 0.3) is 0 Å². The van der Waals surface area contributed by atoms with Crippen molar-refractivity contribution in [3.8, 4) is 0 Å². The topological polar surface area (TPSA) is 46.9 Å². The molecule has 0 aliphatic rings. The Kier molecular flexibility index (Phi) is 4.31. The van der Waals surface area contributed by atoms with Crippen LogP contribution in [0.15, 0.2) is 34.9 Å². The molecule has 19 heavy (non-hydrogen) atoms. The normalized spacial score (nSPS) is 10.5. The third-order valence-corrected chi connectivity index (χ3v) is 3.26. The van der Waals surface area contributed by atoms with Gasteiger partial charge < -0.3 is 5.32 Å². The molecule has 1 heterocycles. The van der Waals surface area contributed by atoms with Crippen LogP contribution in [0.1, 0.15) is 16.1 Å². The number of carbonyl (C=O) groups is 1. The molecule has 0 fully saturated rings. The van der Waals surface area contributed by atoms with Gasteiger partial charge in [-0.2, -0.15) is 5.10 Å². The van der Waals surface area contributed by atoms with Gasteiger partial charge in [0.05, 0.1) is 5.56 Å². The number of hydrogen-bond acceptors (Lipinski definition) is 2. The first kappa shape index (κ1) is 13.7. The molecule has 4 nitrogen and oxygen atoms in total. The Bertz CT molecular complexity index is 597. The van der Waals surface area contributed by atoms with Gasteiger partial charge in [-0.1, -0.05) is 15.9 Å². The van der Waals surface area contributed by atoms with E-state index in [9.17, 15) is 9.18 Å². The van der Waals surface area contributed by atoms with Crippen molar-refractivity contribution in [3.05, 3.63) is 52.0 Å². The molecule has 0 saturated carbocycles. The lowest BCUT2D eigenvalue weighted by Gasteiger charge is -2.07. The van der Waals surface area contributed by atoms with Crippen LogP contribution in [0.3, 0.4) is 0 Å². The zero-order valence-electron chi connectivity index (χ0n) is 10.4. The van der Waals surface area contributed by atoms with E-state index in [0.29, 0.717) is 17.4 Å². The van der Waals surface area contributed by atoms with E-state index in [-0.39, 0.29) is 5.56 Å². The van der Waals surface area contributed by atoms with Crippen molar-refractivity contribution < 1.29 is 9.18 Å². The van der Waals surface area contributed by atoms with Gasteiger partial charge in [-0.3, -0.25) is 9.48 Å². The molecule has 2 rings (SSSR count). The summed E-state index contributed by atoms with van der Waals surface area (Å²) in [6.07, 6.45) is 2.35. The van der Waals surface area contributed by atoms with E-state index < -0.39 is 11.7 Å². The Morgan fingerprint density at radius 2 is 2.26 bits per heavy atom. The lowest BCUT2D eigenvalue weighted by Crippen LogP contribution is -2.27. The van der Waals surface area contributed by atoms with Crippen LogP contribution in [0.2, 0.25) is 0 Å². The van der Waals surface area contributed by atoms with Gasteiger partial charge in [-0.25, -0.2) is 4.39 Å². The van der Waals surface area contributed by atoms with Crippen molar-refractivity contribution in [2.45, 2.75) is 6.42 Å². The van der Waals surface area contributed by atoms with E-state index in [2.05, 4.69) is 26.3 Å². The van der Waals surface area contributed by atoms with Crippen molar-refractivity contribution in [2.24, 2.45) is 7.05 Å². The predicted octanol–water partition coefficient (Wildman–Crippen LogP) is 2.29. The third-order valence-electron chi connectivity index (χ3n) is 2.76. The summed E-state index contributed by atoms with van der Waals surface area (Å²) < 4.78 is 15.9. The maximum Gasteiger partial charge on any atom is 0.254 e. The molecule has 0 saturated heterocycles. The van der Waals surface area contributed by atoms with Crippen LogP contribution < -0.4 is 5.32 Å². The fourth-order valence-corrected chi connectivity index (χ4v) is 2.08. The van der Waals surface area contributed by atoms with Crippen molar-refractivity contribution in [2.75, 3.05) is 6.54 Å². The maximum atomic E-state index is 13.5. The maximum absolute atomic E-state index is 13.5. The fourth-order valence-electron chi connectivity index (χ4n) is 1.72. The van der Waals surface area contributed by atoms with Gasteiger partial charge in [0.1, 0.15) is 5.82 Å². The van der Waals surface area contributed by atoms with E-state index in [1.165, 1.54) is 12.1 Å². The van der Waals surface area contributed by atoms with Crippen molar-refractivity contribution >= 4 is 21.8 Å². The van der Waals surface area contributed by atoms with Gasteiger partial charge in [0.2, 0.25) is 0 Å². The molecular weight excluding hydrogens is 313 g/mol. The van der Waals surface area contributed by atoms with Crippen LogP contribution in [0, 0.1) is 5.82 Å². The summed E-state index contributed by atoms with van der Waals surface area (Å²) in [4.78, 5) is 11.8. The van der Waals surface area contributed by atoms with E-state index in [4.69, 9.17) is 0 Å². The summed E-state index contributed by atoms with van der Waals surface area (Å²) in [5.74, 6) is -0.942. The third kappa shape index (κ3) is 3.41. The SMILES string of the molecule is Cn1nccc1CCNC(=O)c1cc(Br)ccc1F. The molecule has 1 aromatic carbocycles. The van der Waals surface area contributed by atoms with Crippen molar-refractivity contribution in [3.63, 3.8) is 0 Å². The zero-order chi connectivity index (χ0) is 13.8. The average molecular weight is 326 g/mol. The number of nitrogens with one attached hydrogen (secondary N) is 1. The van der Waals surface area contributed by atoms with Gasteiger partial charge in [0.25, 0.3) is 5.91 Å². The molecule has 0 aliphatic carbocycles. The highest BCUT2D eigenvalue weighted by Crippen LogP contribution is 2.15. The molecular formula is C13H13BrFN3O. The van der Waals surface area contributed by atoms with Crippen LogP contribution in [-0.4, -0.2) is 22.2 Å². The smallest absolute Gasteiger partial charge is 0.254 e. The molecule has 1 amide bonds. The molecule has 1 aromatic heterocycles. The highest BCUT2D eigenvalue weighted by Gasteiger charge is 2.11. The number of nitrogens with zero attached hydrogens (tertiary/aromatic N) is 2. The van der Waals surface area contributed by atoms with Crippen LogP contribution in [0.5, 0.6) is 0 Å². The summed E-state index contributed by atoms with van der Waals surface area (Å²) in [7, 11) is 1.84. The number of hydrogen-bond donors (Lipinski definition) is 1. The Hall–Kier alpha value is -1.69. The lowest BCUT2D eigenvalue weighted by atomic mass is 10.2. The molecule has 100 valence electrons. The molecule has 2 aromatic rings. The minimum absolute atomic E-state index is 0.0411. The highest BCUT2D eigenvalue weighted by molar-refractivity contribution is 9.10. The minimum Gasteiger partial charge on any atom is -0.352 e. The molecule has 0 aliphatic heterocycles. The van der Waals surface area contributed by atoms with Gasteiger partial charge in [-0.05, 0) is 24.3 Å². The molecule has 0 bridgehead atoms. The summed E-state index contributed by atoms with van der Waals surface area (Å²) >= 11 is 3.22. The zero-order valence-corrected chi connectivity index (χ0v) is 11.9. The number of benzene rings is 1. The standard InChI is InChI=1S/C13H13BrFN3O/c1-18-10(5-7-17-18)4-6-16-13(19)11-8-9(14)2-3-12(11)15/h2-3,5,7-8H,4,6H2,1H3,(H,16,19). The molecule has 1 N–H and O–H groups in total. The molecule has 0 atom stereocenters. The minimum atomic E-state index is -0.527. The van der Waals surface area contributed by atoms with E-state index in [1.54, 1.807) is 16.9 Å². The number of carbonyl (C=O) groups excluding carboxylic acids is 1. The highest BCUT2D eigenvalue weighted by atomic mass is 79.9. The first-order valence-electron chi connectivity index (χ1n) is 5.78. The first-order chi connectivity index (χ1) is 9.08. The average Bonchev–Trinajstić information content (AvgIpc) is 2.78. The number of rotatable bonds is 4. The van der Waals surface area contributed by atoms with Crippen molar-refractivity contribution in [1.82, 2.24) is 15.1 Å². The van der Waals surface area contributed by atoms with Crippen LogP contribution >= 0.6 is 15.9 Å². The second-order valence-corrected chi connectivity index (χ2v) is 4.99. The Morgan fingerprint density at radius 3 is 2.95 bits per heavy atom. The Morgan fingerprint density at radius 1 is 1.47 bits per heavy atom. The molecule has 0 spiro atoms. The fraction of sp³-hybridized carbons (Fsp3) is 0.231. The number of aromatic nitrogens is 2. The quantitative estimate of drug-likeness (QED) is 0.937. The second kappa shape index (κ2) is 5.97. The van der Waals surface area contributed by atoms with E-state index >= 15 is 0 Å².